The third-order valence-electron chi connectivity index (χ3n) is 7.98. The summed E-state index contributed by atoms with van der Waals surface area (Å²) < 4.78 is 13.0. The van der Waals surface area contributed by atoms with Crippen molar-refractivity contribution in [1.29, 1.82) is 0 Å². The molecule has 1 saturated carbocycles. The van der Waals surface area contributed by atoms with E-state index in [0.717, 1.165) is 55.2 Å². The van der Waals surface area contributed by atoms with E-state index in [-0.39, 0.29) is 6.54 Å². The zero-order valence-corrected chi connectivity index (χ0v) is 27.0. The van der Waals surface area contributed by atoms with E-state index in [1.807, 2.05) is 24.3 Å². The molecule has 1 fully saturated rings. The first kappa shape index (κ1) is 34.9. The van der Waals surface area contributed by atoms with E-state index in [0.29, 0.717) is 37.7 Å². The highest BCUT2D eigenvalue weighted by molar-refractivity contribution is 7.51. The average molecular weight is 647 g/mol. The lowest BCUT2D eigenvalue weighted by atomic mass is 9.95. The van der Waals surface area contributed by atoms with Crippen LogP contribution in [-0.2, 0) is 22.4 Å². The first-order chi connectivity index (χ1) is 21.8. The van der Waals surface area contributed by atoms with Gasteiger partial charge in [-0.3, -0.25) is 19.1 Å². The highest BCUT2D eigenvalue weighted by Gasteiger charge is 2.17. The Morgan fingerprint density at radius 3 is 2.60 bits per heavy atom. The molecule has 2 heterocycles. The second-order valence-corrected chi connectivity index (χ2v) is 13.6. The van der Waals surface area contributed by atoms with Gasteiger partial charge in [0.15, 0.2) is 0 Å². The molecule has 15 heteroatoms. The van der Waals surface area contributed by atoms with Gasteiger partial charge in [-0.1, -0.05) is 31.4 Å². The Morgan fingerprint density at radius 2 is 1.80 bits per heavy atom. The average Bonchev–Trinajstić information content (AvgIpc) is 3.00. The molecule has 0 saturated heterocycles. The van der Waals surface area contributed by atoms with Crippen LogP contribution in [0.3, 0.4) is 0 Å². The molecule has 1 aliphatic carbocycles. The lowest BCUT2D eigenvalue weighted by molar-refractivity contribution is -0.122. The van der Waals surface area contributed by atoms with Crippen molar-refractivity contribution >= 4 is 36.2 Å². The predicted octanol–water partition coefficient (Wildman–Crippen LogP) is 2.48. The highest BCUT2D eigenvalue weighted by atomic mass is 31.2. The number of hydrogen-bond acceptors (Lipinski definition) is 9. The van der Waals surface area contributed by atoms with Gasteiger partial charge in [-0.15, -0.1) is 0 Å². The van der Waals surface area contributed by atoms with Crippen LogP contribution in [0.1, 0.15) is 63.5 Å². The van der Waals surface area contributed by atoms with Crippen LogP contribution in [0, 0.1) is 0 Å². The van der Waals surface area contributed by atoms with E-state index in [2.05, 4.69) is 52.5 Å². The molecule has 0 bridgehead atoms. The normalized spacial score (nSPS) is 14.9. The Bertz CT molecular complexity index is 1340. The van der Waals surface area contributed by atoms with Gasteiger partial charge in [0.2, 0.25) is 11.9 Å². The molecule has 4 rings (SSSR count). The van der Waals surface area contributed by atoms with Crippen molar-refractivity contribution in [2.24, 2.45) is 5.73 Å². The van der Waals surface area contributed by atoms with Crippen LogP contribution in [0.4, 0.5) is 11.8 Å². The summed E-state index contributed by atoms with van der Waals surface area (Å²) >= 11 is 0. The molecule has 14 nitrogen and oxygen atoms in total. The fourth-order valence-electron chi connectivity index (χ4n) is 5.48. The van der Waals surface area contributed by atoms with Gasteiger partial charge in [0.1, 0.15) is 5.82 Å². The number of aromatic amines is 1. The number of nitrogens with one attached hydrogen (secondary N) is 6. The van der Waals surface area contributed by atoms with Gasteiger partial charge in [0.05, 0.1) is 30.0 Å². The smallest absolute Gasteiger partial charge is 0.327 e. The molecule has 250 valence electrons. The number of aryl methyl sites for hydroxylation is 1. The molecule has 1 aromatic carbocycles. The van der Waals surface area contributed by atoms with E-state index in [9.17, 15) is 9.36 Å². The van der Waals surface area contributed by atoms with Gasteiger partial charge in [-0.05, 0) is 70.3 Å². The number of carbonyl (C=O) groups excluding carboxylic acids is 1. The molecule has 0 aliphatic heterocycles. The number of nitrogens with zero attached hydrogens (tertiary/aromatic N) is 3. The first-order valence-electron chi connectivity index (χ1n) is 16.3. The standard InChI is InChI=1S/C30H51N10O4P/c31-26(29(41)35-18-20-45(42,43)44)12-6-16-34-28-25-11-4-5-13-27(25)37-30(38-28)36-21-24-22-40(39-24)19-8-15-32-14-7-17-33-23-9-2-1-3-10-23/h4-5,11,13,22-23,26,32-33,39H,1-3,6-10,12,14-21,31H2,(H,35,41)(H2,42,43,44)(H2,34,36,37,38)/t26-/m0/s1. The number of carbonyl (C=O) groups is 1. The van der Waals surface area contributed by atoms with Crippen molar-refractivity contribution in [2.75, 3.05) is 49.5 Å². The molecule has 1 aliphatic rings. The molecule has 45 heavy (non-hydrogen) atoms. The van der Waals surface area contributed by atoms with Crippen molar-refractivity contribution in [1.82, 2.24) is 35.7 Å². The van der Waals surface area contributed by atoms with Crippen LogP contribution in [0.15, 0.2) is 30.5 Å². The molecule has 1 amide bonds. The second kappa shape index (κ2) is 18.2. The Labute approximate surface area is 265 Å². The van der Waals surface area contributed by atoms with E-state index in [4.69, 9.17) is 15.5 Å². The number of fused-ring (bicyclic) bond motifs is 1. The number of anilines is 2. The number of benzene rings is 1. The molecule has 10 N–H and O–H groups in total. The van der Waals surface area contributed by atoms with Crippen LogP contribution in [0.5, 0.6) is 0 Å². The maximum absolute atomic E-state index is 12.1. The van der Waals surface area contributed by atoms with Gasteiger partial charge in [0, 0.05) is 37.3 Å². The molecular formula is C30H51N10O4P. The zero-order chi connectivity index (χ0) is 31.9. The quantitative estimate of drug-likeness (QED) is 0.0607. The Balaban J connectivity index is 1.12. The molecular weight excluding hydrogens is 595 g/mol. The molecule has 0 spiro atoms. The number of para-hydroxylation sites is 1. The van der Waals surface area contributed by atoms with Crippen LogP contribution in [0.25, 0.3) is 10.9 Å². The minimum atomic E-state index is -4.16. The number of aromatic nitrogens is 4. The Morgan fingerprint density at radius 1 is 1.02 bits per heavy atom. The van der Waals surface area contributed by atoms with Crippen LogP contribution < -0.4 is 32.3 Å². The van der Waals surface area contributed by atoms with Gasteiger partial charge in [0.25, 0.3) is 0 Å². The van der Waals surface area contributed by atoms with E-state index < -0.39 is 25.7 Å². The Hall–Kier alpha value is -3.00. The fraction of sp³-hybridized carbons (Fsp3) is 0.633. The van der Waals surface area contributed by atoms with E-state index in [1.54, 1.807) is 0 Å². The maximum atomic E-state index is 12.1. The molecule has 0 radical (unpaired) electrons. The minimum Gasteiger partial charge on any atom is -0.369 e. The number of nitrogens with two attached hydrogens (primary N) is 1. The molecule has 2 aromatic heterocycles. The van der Waals surface area contributed by atoms with Crippen molar-refractivity contribution in [2.45, 2.75) is 83.0 Å². The van der Waals surface area contributed by atoms with Crippen molar-refractivity contribution in [3.8, 4) is 0 Å². The van der Waals surface area contributed by atoms with Crippen LogP contribution in [0.2, 0.25) is 0 Å². The van der Waals surface area contributed by atoms with Gasteiger partial charge in [-0.2, -0.15) is 4.98 Å². The summed E-state index contributed by atoms with van der Waals surface area (Å²) in [4.78, 5) is 39.3. The lowest BCUT2D eigenvalue weighted by Gasteiger charge is -2.22. The Kier molecular flexibility index (Phi) is 14.1. The predicted molar refractivity (Wildman–Crippen MR) is 178 cm³/mol. The summed E-state index contributed by atoms with van der Waals surface area (Å²) in [6.07, 6.45) is 11.8. The van der Waals surface area contributed by atoms with Gasteiger partial charge in [-0.25, -0.2) is 4.98 Å². The summed E-state index contributed by atoms with van der Waals surface area (Å²) in [7, 11) is -4.16. The van der Waals surface area contributed by atoms with Gasteiger partial charge < -0.3 is 42.1 Å². The van der Waals surface area contributed by atoms with Crippen molar-refractivity contribution in [3.05, 3.63) is 36.2 Å². The third-order valence-corrected chi connectivity index (χ3v) is 8.79. The SMILES string of the molecule is N[C@@H](CCCNc1nc(NCc2cn(CCCNCCCNC3CCCCC3)[nH]2)nc2ccccc12)C(=O)NCCP(=O)(O)O. The molecule has 3 aromatic rings. The molecule has 1 atom stereocenters. The number of H-pyrrole nitrogens is 1. The largest absolute Gasteiger partial charge is 0.369 e. The topological polar surface area (TPSA) is 207 Å². The summed E-state index contributed by atoms with van der Waals surface area (Å²) in [6, 6.07) is 7.74. The number of amides is 1. The second-order valence-electron chi connectivity index (χ2n) is 11.8. The number of rotatable bonds is 21. The monoisotopic (exact) mass is 646 g/mol. The lowest BCUT2D eigenvalue weighted by Crippen LogP contribution is -2.41. The van der Waals surface area contributed by atoms with Crippen molar-refractivity contribution < 1.29 is 19.1 Å². The van der Waals surface area contributed by atoms with Crippen LogP contribution in [-0.4, -0.2) is 86.4 Å². The summed E-state index contributed by atoms with van der Waals surface area (Å²) in [6.45, 7) is 5.10. The van der Waals surface area contributed by atoms with E-state index in [1.165, 1.54) is 38.5 Å². The van der Waals surface area contributed by atoms with Gasteiger partial charge >= 0.3 is 7.60 Å². The van der Waals surface area contributed by atoms with Crippen LogP contribution >= 0.6 is 7.60 Å². The zero-order valence-electron chi connectivity index (χ0n) is 26.1. The maximum Gasteiger partial charge on any atom is 0.327 e. The summed E-state index contributed by atoms with van der Waals surface area (Å²) in [5.74, 6) is 0.780. The van der Waals surface area contributed by atoms with Crippen molar-refractivity contribution in [3.63, 3.8) is 0 Å². The minimum absolute atomic E-state index is 0.113. The van der Waals surface area contributed by atoms with E-state index >= 15 is 0 Å². The number of hydrogen-bond donors (Lipinski definition) is 9. The summed E-state index contributed by atoms with van der Waals surface area (Å²) in [5.41, 5.74) is 7.82. The first-order valence-corrected chi connectivity index (χ1v) is 18.1. The highest BCUT2D eigenvalue weighted by Crippen LogP contribution is 2.32. The summed E-state index contributed by atoms with van der Waals surface area (Å²) in [5, 5.41) is 20.6. The molecule has 0 unspecified atom stereocenters. The third kappa shape index (κ3) is 12.7. The fourth-order valence-corrected chi connectivity index (χ4v) is 5.88.